The molecule has 2 N–H and O–H groups in total. The summed E-state index contributed by atoms with van der Waals surface area (Å²) >= 11 is 0. The molecule has 2 aliphatic rings. The van der Waals surface area contributed by atoms with Gasteiger partial charge in [-0.25, -0.2) is 4.39 Å². The van der Waals surface area contributed by atoms with Crippen LogP contribution in [0, 0.1) is 11.7 Å². The van der Waals surface area contributed by atoms with E-state index >= 15 is 0 Å². The number of carbonyl (C=O) groups excluding carboxylic acids is 1. The van der Waals surface area contributed by atoms with Gasteiger partial charge in [-0.3, -0.25) is 14.7 Å². The third kappa shape index (κ3) is 7.75. The molecule has 0 aliphatic carbocycles. The fourth-order valence-corrected chi connectivity index (χ4v) is 4.47. The quantitative estimate of drug-likeness (QED) is 0.232. The SMILES string of the molecule is CN=C(NCCCN1CCN(c2ccccc2F)CC1)N1CCC(CC(=O)NC)CC1.I. The number of amides is 1. The van der Waals surface area contributed by atoms with E-state index in [1.807, 2.05) is 19.2 Å². The molecule has 0 aromatic heterocycles. The van der Waals surface area contributed by atoms with Crippen molar-refractivity contribution in [1.29, 1.82) is 0 Å². The average molecular weight is 561 g/mol. The number of aliphatic imine (C=N–C) groups is 1. The van der Waals surface area contributed by atoms with Crippen LogP contribution in [0.5, 0.6) is 0 Å². The number of piperazine rings is 1. The Bertz CT molecular complexity index is 733. The van der Waals surface area contributed by atoms with Crippen LogP contribution in [0.3, 0.4) is 0 Å². The molecular formula is C23H38FIN6O. The second-order valence-electron chi connectivity index (χ2n) is 8.42. The van der Waals surface area contributed by atoms with E-state index in [0.29, 0.717) is 18.0 Å². The third-order valence-corrected chi connectivity index (χ3v) is 6.38. The predicted molar refractivity (Wildman–Crippen MR) is 139 cm³/mol. The van der Waals surface area contributed by atoms with Crippen molar-refractivity contribution in [3.05, 3.63) is 30.1 Å². The number of nitrogens with zero attached hydrogens (tertiary/aromatic N) is 4. The molecule has 32 heavy (non-hydrogen) atoms. The van der Waals surface area contributed by atoms with Crippen LogP contribution in [0.2, 0.25) is 0 Å². The van der Waals surface area contributed by atoms with Crippen LogP contribution >= 0.6 is 24.0 Å². The Morgan fingerprint density at radius 2 is 1.81 bits per heavy atom. The third-order valence-electron chi connectivity index (χ3n) is 6.38. The second-order valence-corrected chi connectivity index (χ2v) is 8.42. The Balaban J connectivity index is 0.00000363. The smallest absolute Gasteiger partial charge is 0.220 e. The summed E-state index contributed by atoms with van der Waals surface area (Å²) in [5, 5.41) is 6.22. The highest BCUT2D eigenvalue weighted by Gasteiger charge is 2.23. The highest BCUT2D eigenvalue weighted by molar-refractivity contribution is 14.0. The van der Waals surface area contributed by atoms with Crippen molar-refractivity contribution >= 4 is 41.5 Å². The number of halogens is 2. The number of hydrogen-bond acceptors (Lipinski definition) is 4. The van der Waals surface area contributed by atoms with Gasteiger partial charge in [-0.2, -0.15) is 0 Å². The van der Waals surface area contributed by atoms with Crippen LogP contribution in [0.15, 0.2) is 29.3 Å². The summed E-state index contributed by atoms with van der Waals surface area (Å²) in [7, 11) is 3.53. The molecule has 9 heteroatoms. The second kappa shape index (κ2) is 13.8. The van der Waals surface area contributed by atoms with Gasteiger partial charge in [-0.15, -0.1) is 24.0 Å². The summed E-state index contributed by atoms with van der Waals surface area (Å²) in [6, 6.07) is 7.03. The average Bonchev–Trinajstić information content (AvgIpc) is 2.80. The summed E-state index contributed by atoms with van der Waals surface area (Å²) in [4.78, 5) is 22.9. The number of guanidine groups is 1. The fraction of sp³-hybridized carbons (Fsp3) is 0.652. The zero-order valence-corrected chi connectivity index (χ0v) is 21.7. The molecule has 1 amide bonds. The van der Waals surface area contributed by atoms with E-state index in [4.69, 9.17) is 0 Å². The molecule has 0 spiro atoms. The lowest BCUT2D eigenvalue weighted by Crippen LogP contribution is -2.48. The standard InChI is InChI=1S/C23H37FN6O.HI/c1-25-22(31)18-19-8-12-30(13-9-19)23(26-2)27-10-5-11-28-14-16-29(17-15-28)21-7-4-3-6-20(21)24;/h3-4,6-7,19H,5,8-18H2,1-2H3,(H,25,31)(H,26,27);1H. The predicted octanol–water partition coefficient (Wildman–Crippen LogP) is 2.38. The Kier molecular flexibility index (Phi) is 11.5. The normalized spacial score (nSPS) is 18.3. The number of para-hydroxylation sites is 1. The molecule has 2 fully saturated rings. The Hall–Kier alpha value is -1.62. The van der Waals surface area contributed by atoms with Crippen LogP contribution in [0.4, 0.5) is 10.1 Å². The Labute approximate surface area is 208 Å². The first-order valence-electron chi connectivity index (χ1n) is 11.5. The van der Waals surface area contributed by atoms with Crippen molar-refractivity contribution < 1.29 is 9.18 Å². The van der Waals surface area contributed by atoms with E-state index in [2.05, 4.69) is 30.3 Å². The van der Waals surface area contributed by atoms with Crippen molar-refractivity contribution in [3.8, 4) is 0 Å². The maximum Gasteiger partial charge on any atom is 0.220 e. The number of anilines is 1. The van der Waals surface area contributed by atoms with Gasteiger partial charge >= 0.3 is 0 Å². The van der Waals surface area contributed by atoms with Gasteiger partial charge in [0.2, 0.25) is 5.91 Å². The molecule has 0 bridgehead atoms. The number of rotatable bonds is 7. The van der Waals surface area contributed by atoms with Crippen molar-refractivity contribution in [2.24, 2.45) is 10.9 Å². The van der Waals surface area contributed by atoms with E-state index in [1.54, 1.807) is 13.1 Å². The van der Waals surface area contributed by atoms with Crippen LogP contribution in [-0.2, 0) is 4.79 Å². The first-order chi connectivity index (χ1) is 15.1. The van der Waals surface area contributed by atoms with Crippen LogP contribution in [0.25, 0.3) is 0 Å². The molecule has 1 aromatic carbocycles. The monoisotopic (exact) mass is 560 g/mol. The van der Waals surface area contributed by atoms with Gasteiger partial charge < -0.3 is 20.4 Å². The molecule has 2 saturated heterocycles. The summed E-state index contributed by atoms with van der Waals surface area (Å²) < 4.78 is 14.0. The number of piperidine rings is 1. The number of hydrogen-bond donors (Lipinski definition) is 2. The van der Waals surface area contributed by atoms with Gasteiger partial charge in [0.05, 0.1) is 5.69 Å². The maximum absolute atomic E-state index is 14.0. The van der Waals surface area contributed by atoms with Gasteiger partial charge in [0.1, 0.15) is 5.82 Å². The van der Waals surface area contributed by atoms with Crippen molar-refractivity contribution in [3.63, 3.8) is 0 Å². The van der Waals surface area contributed by atoms with Gasteiger partial charge in [-0.1, -0.05) is 12.1 Å². The lowest BCUT2D eigenvalue weighted by molar-refractivity contribution is -0.121. The zero-order valence-electron chi connectivity index (χ0n) is 19.4. The van der Waals surface area contributed by atoms with Crippen molar-refractivity contribution in [2.75, 3.05) is 71.4 Å². The lowest BCUT2D eigenvalue weighted by atomic mass is 9.93. The van der Waals surface area contributed by atoms with E-state index < -0.39 is 0 Å². The topological polar surface area (TPSA) is 63.2 Å². The first kappa shape index (κ1) is 26.6. The van der Waals surface area contributed by atoms with Crippen molar-refractivity contribution in [1.82, 2.24) is 20.4 Å². The highest BCUT2D eigenvalue weighted by atomic mass is 127. The molecule has 0 atom stereocenters. The van der Waals surface area contributed by atoms with E-state index in [0.717, 1.165) is 77.6 Å². The summed E-state index contributed by atoms with van der Waals surface area (Å²) in [5.74, 6) is 1.43. The van der Waals surface area contributed by atoms with Gasteiger partial charge in [-0.05, 0) is 43.9 Å². The van der Waals surface area contributed by atoms with E-state index in [9.17, 15) is 9.18 Å². The molecule has 3 rings (SSSR count). The molecule has 0 radical (unpaired) electrons. The minimum absolute atomic E-state index is 0. The Morgan fingerprint density at radius 3 is 2.44 bits per heavy atom. The van der Waals surface area contributed by atoms with E-state index in [1.165, 1.54) is 6.07 Å². The molecule has 2 aliphatic heterocycles. The molecule has 180 valence electrons. The van der Waals surface area contributed by atoms with E-state index in [-0.39, 0.29) is 35.7 Å². The number of benzene rings is 1. The molecule has 1 aromatic rings. The highest BCUT2D eigenvalue weighted by Crippen LogP contribution is 2.21. The lowest BCUT2D eigenvalue weighted by Gasteiger charge is -2.36. The summed E-state index contributed by atoms with van der Waals surface area (Å²) in [6.45, 7) is 7.45. The number of likely N-dealkylation sites (tertiary alicyclic amines) is 1. The zero-order chi connectivity index (χ0) is 22.1. The Morgan fingerprint density at radius 1 is 1.12 bits per heavy atom. The van der Waals surface area contributed by atoms with Gasteiger partial charge in [0.15, 0.2) is 5.96 Å². The van der Waals surface area contributed by atoms with Crippen LogP contribution in [0.1, 0.15) is 25.7 Å². The minimum atomic E-state index is -0.135. The molecular weight excluding hydrogens is 522 g/mol. The summed E-state index contributed by atoms with van der Waals surface area (Å²) in [5.41, 5.74) is 0.715. The van der Waals surface area contributed by atoms with Crippen molar-refractivity contribution in [2.45, 2.75) is 25.7 Å². The van der Waals surface area contributed by atoms with Crippen LogP contribution in [-0.4, -0.2) is 88.1 Å². The fourth-order valence-electron chi connectivity index (χ4n) is 4.47. The summed E-state index contributed by atoms with van der Waals surface area (Å²) in [6.07, 6.45) is 3.73. The number of nitrogens with one attached hydrogen (secondary N) is 2. The van der Waals surface area contributed by atoms with Gasteiger partial charge in [0, 0.05) is 66.3 Å². The molecule has 2 heterocycles. The maximum atomic E-state index is 14.0. The van der Waals surface area contributed by atoms with Gasteiger partial charge in [0.25, 0.3) is 0 Å². The number of carbonyl (C=O) groups is 1. The molecule has 0 unspecified atom stereocenters. The first-order valence-corrected chi connectivity index (χ1v) is 11.5. The molecule has 7 nitrogen and oxygen atoms in total. The largest absolute Gasteiger partial charge is 0.367 e. The minimum Gasteiger partial charge on any atom is -0.367 e. The molecule has 0 saturated carbocycles. The van der Waals surface area contributed by atoms with Crippen LogP contribution < -0.4 is 15.5 Å².